The van der Waals surface area contributed by atoms with Crippen LogP contribution in [0.4, 0.5) is 0 Å². The molecule has 0 aliphatic carbocycles. The molecule has 3 rings (SSSR count). The average molecular weight is 436 g/mol. The van der Waals surface area contributed by atoms with Crippen LogP contribution in [0.5, 0.6) is 0 Å². The molecular weight excluding hydrogens is 418 g/mol. The number of hydrogen-bond donors (Lipinski definition) is 1. The first-order chi connectivity index (χ1) is 13.7. The van der Waals surface area contributed by atoms with E-state index in [-0.39, 0.29) is 23.6 Å². The summed E-state index contributed by atoms with van der Waals surface area (Å²) in [6.45, 7) is 3.46. The van der Waals surface area contributed by atoms with Crippen molar-refractivity contribution in [3.63, 3.8) is 0 Å². The zero-order valence-corrected chi connectivity index (χ0v) is 17.3. The van der Waals surface area contributed by atoms with Gasteiger partial charge in [-0.25, -0.2) is 22.7 Å². The van der Waals surface area contributed by atoms with Gasteiger partial charge in [0.25, 0.3) is 0 Å². The van der Waals surface area contributed by atoms with Crippen LogP contribution in [0.2, 0.25) is 5.02 Å². The van der Waals surface area contributed by atoms with Gasteiger partial charge >= 0.3 is 11.6 Å². The van der Waals surface area contributed by atoms with E-state index in [4.69, 9.17) is 20.8 Å². The van der Waals surface area contributed by atoms with Crippen molar-refractivity contribution in [3.05, 3.63) is 74.6 Å². The van der Waals surface area contributed by atoms with Gasteiger partial charge in [-0.15, -0.1) is 0 Å². The molecule has 1 heterocycles. The molecule has 0 aliphatic rings. The molecule has 29 heavy (non-hydrogen) atoms. The van der Waals surface area contributed by atoms with E-state index in [2.05, 4.69) is 4.72 Å². The number of ether oxygens (including phenoxy) is 1. The third-order valence-electron chi connectivity index (χ3n) is 4.18. The maximum absolute atomic E-state index is 12.4. The zero-order valence-electron chi connectivity index (χ0n) is 15.7. The fourth-order valence-corrected chi connectivity index (χ4v) is 4.01. The average Bonchev–Trinajstić information content (AvgIpc) is 2.67. The number of rotatable bonds is 6. The fourth-order valence-electron chi connectivity index (χ4n) is 2.76. The van der Waals surface area contributed by atoms with Gasteiger partial charge in [0, 0.05) is 28.6 Å². The smallest absolute Gasteiger partial charge is 0.338 e. The molecule has 0 bridgehead atoms. The van der Waals surface area contributed by atoms with Crippen LogP contribution in [-0.2, 0) is 21.4 Å². The number of fused-ring (bicyclic) bond motifs is 1. The Balaban J connectivity index is 1.87. The number of sulfonamides is 1. The topological polar surface area (TPSA) is 103 Å². The molecule has 0 atom stereocenters. The van der Waals surface area contributed by atoms with Crippen LogP contribution in [0.25, 0.3) is 11.0 Å². The zero-order chi connectivity index (χ0) is 21.2. The van der Waals surface area contributed by atoms with E-state index in [1.807, 2.05) is 0 Å². The number of carbonyl (C=O) groups excluding carboxylic acids is 1. The predicted octanol–water partition coefficient (Wildman–Crippen LogP) is 3.41. The summed E-state index contributed by atoms with van der Waals surface area (Å²) >= 11 is 6.15. The molecule has 0 saturated carbocycles. The third kappa shape index (κ3) is 4.67. The number of hydrogen-bond acceptors (Lipinski definition) is 6. The lowest BCUT2D eigenvalue weighted by atomic mass is 10.1. The Kier molecular flexibility index (Phi) is 6.07. The number of nitrogens with one attached hydrogen (secondary N) is 1. The first-order valence-corrected chi connectivity index (χ1v) is 10.6. The van der Waals surface area contributed by atoms with Crippen LogP contribution in [0.3, 0.4) is 0 Å². The Labute approximate surface area is 172 Å². The van der Waals surface area contributed by atoms with Crippen molar-refractivity contribution in [2.24, 2.45) is 0 Å². The van der Waals surface area contributed by atoms with Gasteiger partial charge in [0.2, 0.25) is 10.0 Å². The second kappa shape index (κ2) is 8.36. The minimum atomic E-state index is -3.70. The Morgan fingerprint density at radius 1 is 1.21 bits per heavy atom. The van der Waals surface area contributed by atoms with Gasteiger partial charge in [-0.05, 0) is 42.8 Å². The lowest BCUT2D eigenvalue weighted by molar-refractivity contribution is 0.0473. The third-order valence-corrected chi connectivity index (χ3v) is 6.13. The molecule has 0 unspecified atom stereocenters. The lowest BCUT2D eigenvalue weighted by Crippen LogP contribution is -2.23. The van der Waals surface area contributed by atoms with Gasteiger partial charge in [-0.2, -0.15) is 0 Å². The number of aryl methyl sites for hydroxylation is 1. The second-order valence-corrected chi connectivity index (χ2v) is 8.47. The molecule has 9 heteroatoms. The maximum Gasteiger partial charge on any atom is 0.338 e. The Morgan fingerprint density at radius 3 is 2.69 bits per heavy atom. The highest BCUT2D eigenvalue weighted by Crippen LogP contribution is 2.25. The lowest BCUT2D eigenvalue weighted by Gasteiger charge is -2.10. The largest absolute Gasteiger partial charge is 0.457 e. The second-order valence-electron chi connectivity index (χ2n) is 6.29. The molecule has 152 valence electrons. The van der Waals surface area contributed by atoms with Crippen molar-refractivity contribution in [2.45, 2.75) is 25.3 Å². The summed E-state index contributed by atoms with van der Waals surface area (Å²) in [4.78, 5) is 24.2. The van der Waals surface area contributed by atoms with Crippen LogP contribution in [-0.4, -0.2) is 20.9 Å². The Hall–Kier alpha value is -2.68. The molecule has 0 aliphatic heterocycles. The molecule has 0 radical (unpaired) electrons. The number of halogens is 1. The summed E-state index contributed by atoms with van der Waals surface area (Å²) in [5.41, 5.74) is 1.01. The van der Waals surface area contributed by atoms with Gasteiger partial charge in [0.15, 0.2) is 0 Å². The minimum absolute atomic E-state index is 0.0399. The maximum atomic E-state index is 12.4. The molecule has 2 aromatic carbocycles. The predicted molar refractivity (Wildman–Crippen MR) is 109 cm³/mol. The summed E-state index contributed by atoms with van der Waals surface area (Å²) in [5, 5.41) is 1.04. The highest BCUT2D eigenvalue weighted by atomic mass is 35.5. The molecule has 0 spiro atoms. The molecule has 1 N–H and O–H groups in total. The standard InChI is InChI=1S/C20H18ClNO6S/c1-3-22-29(25,26)15-6-4-5-13(8-15)20(24)27-11-14-9-19(23)28-18-7-12(2)17(21)10-16(14)18/h4-10,22H,3,11H2,1-2H3. The summed E-state index contributed by atoms with van der Waals surface area (Å²) in [7, 11) is -3.70. The van der Waals surface area contributed by atoms with Crippen LogP contribution in [0.1, 0.15) is 28.4 Å². The van der Waals surface area contributed by atoms with E-state index in [0.29, 0.717) is 21.6 Å². The minimum Gasteiger partial charge on any atom is -0.457 e. The summed E-state index contributed by atoms with van der Waals surface area (Å²) in [6, 6.07) is 10.0. The van der Waals surface area contributed by atoms with Crippen molar-refractivity contribution in [2.75, 3.05) is 6.54 Å². The quantitative estimate of drug-likeness (QED) is 0.470. The molecule has 0 saturated heterocycles. The summed E-state index contributed by atoms with van der Waals surface area (Å²) in [5.74, 6) is -0.724. The normalized spacial score (nSPS) is 11.6. The van der Waals surface area contributed by atoms with E-state index in [1.165, 1.54) is 30.3 Å². The van der Waals surface area contributed by atoms with Crippen molar-refractivity contribution < 1.29 is 22.4 Å². The van der Waals surface area contributed by atoms with E-state index in [0.717, 1.165) is 5.56 Å². The number of benzene rings is 2. The number of carbonyl (C=O) groups is 1. The van der Waals surface area contributed by atoms with Crippen LogP contribution >= 0.6 is 11.6 Å². The van der Waals surface area contributed by atoms with Crippen molar-refractivity contribution >= 4 is 38.6 Å². The van der Waals surface area contributed by atoms with E-state index in [9.17, 15) is 18.0 Å². The number of esters is 1. The van der Waals surface area contributed by atoms with E-state index in [1.54, 1.807) is 26.0 Å². The van der Waals surface area contributed by atoms with Gasteiger partial charge in [0.05, 0.1) is 10.5 Å². The molecule has 7 nitrogen and oxygen atoms in total. The van der Waals surface area contributed by atoms with Crippen LogP contribution in [0, 0.1) is 6.92 Å². The van der Waals surface area contributed by atoms with Gasteiger partial charge in [-0.1, -0.05) is 24.6 Å². The monoisotopic (exact) mass is 435 g/mol. The molecule has 0 amide bonds. The Morgan fingerprint density at radius 2 is 1.97 bits per heavy atom. The van der Waals surface area contributed by atoms with Crippen LogP contribution in [0.15, 0.2) is 56.6 Å². The molecular formula is C20H18ClNO6S. The SMILES string of the molecule is CCNS(=O)(=O)c1cccc(C(=O)OCc2cc(=O)oc3cc(C)c(Cl)cc23)c1. The first kappa shape index (κ1) is 21.0. The summed E-state index contributed by atoms with van der Waals surface area (Å²) < 4.78 is 37.1. The van der Waals surface area contributed by atoms with Gasteiger partial charge in [-0.3, -0.25) is 0 Å². The van der Waals surface area contributed by atoms with Gasteiger partial charge in [0.1, 0.15) is 12.2 Å². The van der Waals surface area contributed by atoms with E-state index >= 15 is 0 Å². The van der Waals surface area contributed by atoms with Crippen LogP contribution < -0.4 is 10.3 Å². The summed E-state index contributed by atoms with van der Waals surface area (Å²) in [6.07, 6.45) is 0. The highest BCUT2D eigenvalue weighted by Gasteiger charge is 2.17. The van der Waals surface area contributed by atoms with Crippen molar-refractivity contribution in [3.8, 4) is 0 Å². The molecule has 3 aromatic rings. The molecule has 0 fully saturated rings. The first-order valence-electron chi connectivity index (χ1n) is 8.71. The van der Waals surface area contributed by atoms with Crippen molar-refractivity contribution in [1.82, 2.24) is 4.72 Å². The molecule has 1 aromatic heterocycles. The highest BCUT2D eigenvalue weighted by molar-refractivity contribution is 7.89. The Bertz CT molecular complexity index is 1250. The fraction of sp³-hybridized carbons (Fsp3) is 0.200. The van der Waals surface area contributed by atoms with Gasteiger partial charge < -0.3 is 9.15 Å². The van der Waals surface area contributed by atoms with Crippen molar-refractivity contribution in [1.29, 1.82) is 0 Å². The van der Waals surface area contributed by atoms with E-state index < -0.39 is 21.6 Å².